The predicted octanol–water partition coefficient (Wildman–Crippen LogP) is 2.38. The molecule has 0 aliphatic heterocycles. The van der Waals surface area contributed by atoms with Crippen molar-refractivity contribution in [2.45, 2.75) is 25.9 Å². The summed E-state index contributed by atoms with van der Waals surface area (Å²) in [5.74, 6) is -0.802. The zero-order valence-corrected chi connectivity index (χ0v) is 10.9. The lowest BCUT2D eigenvalue weighted by Crippen LogP contribution is -2.29. The van der Waals surface area contributed by atoms with E-state index in [0.717, 1.165) is 0 Å². The smallest absolute Gasteiger partial charge is 0.340 e. The lowest BCUT2D eigenvalue weighted by atomic mass is 10.1. The van der Waals surface area contributed by atoms with Crippen LogP contribution in [0.3, 0.4) is 0 Å². The number of aliphatic hydroxyl groups is 1. The standard InChI is InChI=1S/C12H14ClO5/c1-12(2,6-7-14)17-11(15)8-4-3-5-9(18-16)10(8)13/h3-5,14H,6-7H2,1-2H3. The molecular formula is C12H14ClO5. The van der Waals surface area contributed by atoms with E-state index in [2.05, 4.69) is 4.89 Å². The molecule has 1 aromatic rings. The van der Waals surface area contributed by atoms with Crippen molar-refractivity contribution in [1.82, 2.24) is 0 Å². The molecule has 6 heteroatoms. The van der Waals surface area contributed by atoms with E-state index in [9.17, 15) is 10.1 Å². The maximum absolute atomic E-state index is 11.9. The first-order chi connectivity index (χ1) is 8.41. The molecule has 99 valence electrons. The van der Waals surface area contributed by atoms with Crippen molar-refractivity contribution < 1.29 is 24.8 Å². The SMILES string of the molecule is CC(C)(CCO)OC(=O)c1cccc(O[O])c1Cl. The molecule has 0 unspecified atom stereocenters. The maximum Gasteiger partial charge on any atom is 0.340 e. The van der Waals surface area contributed by atoms with E-state index in [-0.39, 0.29) is 22.9 Å². The van der Waals surface area contributed by atoms with Crippen molar-refractivity contribution in [3.05, 3.63) is 28.8 Å². The van der Waals surface area contributed by atoms with Gasteiger partial charge < -0.3 is 14.7 Å². The summed E-state index contributed by atoms with van der Waals surface area (Å²) in [5, 5.41) is 19.1. The van der Waals surface area contributed by atoms with Gasteiger partial charge >= 0.3 is 5.97 Å². The third kappa shape index (κ3) is 3.60. The van der Waals surface area contributed by atoms with Crippen LogP contribution in [0.4, 0.5) is 0 Å². The number of carbonyl (C=O) groups excluding carboxylic acids is 1. The molecule has 0 aliphatic rings. The van der Waals surface area contributed by atoms with Crippen LogP contribution in [-0.4, -0.2) is 23.3 Å². The highest BCUT2D eigenvalue weighted by Crippen LogP contribution is 2.29. The second-order valence-electron chi connectivity index (χ2n) is 4.32. The average Bonchev–Trinajstić information content (AvgIpc) is 2.28. The lowest BCUT2D eigenvalue weighted by Gasteiger charge is -2.24. The lowest BCUT2D eigenvalue weighted by molar-refractivity contribution is -0.208. The van der Waals surface area contributed by atoms with Crippen molar-refractivity contribution in [1.29, 1.82) is 0 Å². The number of hydrogen-bond acceptors (Lipinski definition) is 4. The van der Waals surface area contributed by atoms with Gasteiger partial charge in [-0.3, -0.25) is 0 Å². The Morgan fingerprint density at radius 3 is 2.67 bits per heavy atom. The molecular weight excluding hydrogens is 260 g/mol. The van der Waals surface area contributed by atoms with Crippen LogP contribution in [0, 0.1) is 0 Å². The van der Waals surface area contributed by atoms with Crippen molar-refractivity contribution in [3.63, 3.8) is 0 Å². The van der Waals surface area contributed by atoms with E-state index in [0.29, 0.717) is 6.42 Å². The molecule has 0 atom stereocenters. The minimum Gasteiger partial charge on any atom is -0.456 e. The van der Waals surface area contributed by atoms with Crippen molar-refractivity contribution in [3.8, 4) is 5.75 Å². The normalized spacial score (nSPS) is 11.2. The molecule has 0 amide bonds. The van der Waals surface area contributed by atoms with Crippen LogP contribution in [0.15, 0.2) is 18.2 Å². The molecule has 0 aromatic heterocycles. The molecule has 18 heavy (non-hydrogen) atoms. The molecule has 1 radical (unpaired) electrons. The first kappa shape index (κ1) is 14.8. The van der Waals surface area contributed by atoms with Gasteiger partial charge in [0.25, 0.3) is 0 Å². The largest absolute Gasteiger partial charge is 0.456 e. The van der Waals surface area contributed by atoms with Gasteiger partial charge in [0.05, 0.1) is 5.56 Å². The molecule has 1 aromatic carbocycles. The Balaban J connectivity index is 2.91. The van der Waals surface area contributed by atoms with E-state index in [1.807, 2.05) is 0 Å². The Hall–Kier alpha value is -1.30. The number of aliphatic hydroxyl groups excluding tert-OH is 1. The Morgan fingerprint density at radius 2 is 2.11 bits per heavy atom. The van der Waals surface area contributed by atoms with E-state index >= 15 is 0 Å². The number of hydrogen-bond donors (Lipinski definition) is 1. The van der Waals surface area contributed by atoms with Gasteiger partial charge in [-0.2, -0.15) is 0 Å². The number of halogens is 1. The predicted molar refractivity (Wildman–Crippen MR) is 64.0 cm³/mol. The second kappa shape index (κ2) is 6.04. The zero-order valence-electron chi connectivity index (χ0n) is 10.1. The van der Waals surface area contributed by atoms with Crippen molar-refractivity contribution >= 4 is 17.6 Å². The van der Waals surface area contributed by atoms with Crippen LogP contribution < -0.4 is 4.89 Å². The summed E-state index contributed by atoms with van der Waals surface area (Å²) >= 11 is 5.83. The van der Waals surface area contributed by atoms with Crippen LogP contribution in [0.5, 0.6) is 5.75 Å². The maximum atomic E-state index is 11.9. The van der Waals surface area contributed by atoms with E-state index in [1.54, 1.807) is 13.8 Å². The Labute approximate surface area is 110 Å². The number of benzene rings is 1. The third-order valence-electron chi connectivity index (χ3n) is 2.36. The monoisotopic (exact) mass is 273 g/mol. The molecule has 1 rings (SSSR count). The van der Waals surface area contributed by atoms with Crippen LogP contribution >= 0.6 is 11.6 Å². The molecule has 1 N–H and O–H groups in total. The molecule has 0 spiro atoms. The summed E-state index contributed by atoms with van der Waals surface area (Å²) < 4.78 is 5.20. The van der Waals surface area contributed by atoms with Gasteiger partial charge in [0.2, 0.25) is 0 Å². The summed E-state index contributed by atoms with van der Waals surface area (Å²) in [4.78, 5) is 15.7. The van der Waals surface area contributed by atoms with Crippen LogP contribution in [-0.2, 0) is 9.99 Å². The molecule has 0 saturated heterocycles. The fraction of sp³-hybridized carbons (Fsp3) is 0.417. The van der Waals surface area contributed by atoms with Crippen LogP contribution in [0.2, 0.25) is 5.02 Å². The average molecular weight is 274 g/mol. The molecule has 0 fully saturated rings. The Bertz CT molecular complexity index is 430. The van der Waals surface area contributed by atoms with Gasteiger partial charge in [-0.1, -0.05) is 17.7 Å². The summed E-state index contributed by atoms with van der Waals surface area (Å²) in [6.07, 6.45) is 0.300. The molecule has 0 heterocycles. The minimum absolute atomic E-state index is 0.0519. The number of rotatable bonds is 5. The van der Waals surface area contributed by atoms with Crippen molar-refractivity contribution in [2.24, 2.45) is 0 Å². The fourth-order valence-corrected chi connectivity index (χ4v) is 1.59. The summed E-state index contributed by atoms with van der Waals surface area (Å²) in [5.41, 5.74) is -0.764. The quantitative estimate of drug-likeness (QED) is 0.508. The number of esters is 1. The third-order valence-corrected chi connectivity index (χ3v) is 2.75. The minimum atomic E-state index is -0.816. The van der Waals surface area contributed by atoms with E-state index < -0.39 is 11.6 Å². The summed E-state index contributed by atoms with van der Waals surface area (Å²) in [6, 6.07) is 4.25. The van der Waals surface area contributed by atoms with Crippen LogP contribution in [0.1, 0.15) is 30.6 Å². The highest BCUT2D eigenvalue weighted by atomic mass is 35.5. The summed E-state index contributed by atoms with van der Waals surface area (Å²) in [6.45, 7) is 3.24. The fourth-order valence-electron chi connectivity index (χ4n) is 1.36. The highest BCUT2D eigenvalue weighted by molar-refractivity contribution is 6.35. The topological polar surface area (TPSA) is 75.7 Å². The van der Waals surface area contributed by atoms with Gasteiger partial charge in [0.15, 0.2) is 5.75 Å². The van der Waals surface area contributed by atoms with Gasteiger partial charge in [-0.25, -0.2) is 4.79 Å². The number of ether oxygens (including phenoxy) is 1. The van der Waals surface area contributed by atoms with Crippen LogP contribution in [0.25, 0.3) is 0 Å². The molecule has 0 aliphatic carbocycles. The Morgan fingerprint density at radius 1 is 1.44 bits per heavy atom. The van der Waals surface area contributed by atoms with E-state index in [4.69, 9.17) is 21.4 Å². The molecule has 0 bridgehead atoms. The first-order valence-electron chi connectivity index (χ1n) is 5.34. The zero-order chi connectivity index (χ0) is 13.8. The second-order valence-corrected chi connectivity index (χ2v) is 4.70. The van der Waals surface area contributed by atoms with Gasteiger partial charge in [-0.05, 0) is 26.0 Å². The first-order valence-corrected chi connectivity index (χ1v) is 5.71. The van der Waals surface area contributed by atoms with E-state index in [1.165, 1.54) is 18.2 Å². The molecule has 0 saturated carbocycles. The van der Waals surface area contributed by atoms with Gasteiger partial charge in [0, 0.05) is 18.3 Å². The Kier molecular flexibility index (Phi) is 4.95. The number of carbonyl (C=O) groups is 1. The highest BCUT2D eigenvalue weighted by Gasteiger charge is 2.25. The van der Waals surface area contributed by atoms with Gasteiger partial charge in [-0.15, -0.1) is 0 Å². The van der Waals surface area contributed by atoms with Gasteiger partial charge in [0.1, 0.15) is 10.6 Å². The summed E-state index contributed by atoms with van der Waals surface area (Å²) in [7, 11) is 0. The van der Waals surface area contributed by atoms with Crippen molar-refractivity contribution in [2.75, 3.05) is 6.61 Å². The molecule has 5 nitrogen and oxygen atoms in total.